The molecular weight excluding hydrogens is 366 g/mol. The topological polar surface area (TPSA) is 95.7 Å². The second kappa shape index (κ2) is 7.96. The van der Waals surface area contributed by atoms with E-state index >= 15 is 0 Å². The van der Waals surface area contributed by atoms with Crippen molar-refractivity contribution in [2.75, 3.05) is 32.4 Å². The Balaban J connectivity index is 1.82. The molecule has 1 heterocycles. The van der Waals surface area contributed by atoms with Crippen molar-refractivity contribution < 1.29 is 19.0 Å². The number of hydrogen-bond acceptors (Lipinski definition) is 7. The molecule has 0 spiro atoms. The van der Waals surface area contributed by atoms with Crippen LogP contribution in [0.2, 0.25) is 0 Å². The third kappa shape index (κ3) is 3.95. The van der Waals surface area contributed by atoms with E-state index in [0.717, 1.165) is 11.3 Å². The fourth-order valence-corrected chi connectivity index (χ4v) is 3.21. The van der Waals surface area contributed by atoms with E-state index in [1.807, 2.05) is 29.6 Å². The summed E-state index contributed by atoms with van der Waals surface area (Å²) in [5.74, 6) is 0.913. The van der Waals surface area contributed by atoms with Crippen molar-refractivity contribution in [2.24, 2.45) is 0 Å². The maximum Gasteiger partial charge on any atom is 0.257 e. The molecule has 2 aromatic carbocycles. The zero-order chi connectivity index (χ0) is 19.4. The van der Waals surface area contributed by atoms with E-state index in [2.05, 4.69) is 10.3 Å². The number of benzene rings is 2. The van der Waals surface area contributed by atoms with Gasteiger partial charge in [0.1, 0.15) is 0 Å². The van der Waals surface area contributed by atoms with Crippen LogP contribution in [0.25, 0.3) is 11.3 Å². The summed E-state index contributed by atoms with van der Waals surface area (Å²) in [6.45, 7) is 0. The van der Waals surface area contributed by atoms with Gasteiger partial charge in [-0.3, -0.25) is 10.1 Å². The molecule has 0 fully saturated rings. The predicted octanol–water partition coefficient (Wildman–Crippen LogP) is 3.67. The minimum absolute atomic E-state index is 0.326. The number of ether oxygens (including phenoxy) is 3. The summed E-state index contributed by atoms with van der Waals surface area (Å²) < 4.78 is 15.8. The fraction of sp³-hybridized carbons (Fsp3) is 0.158. The SMILES string of the molecule is COc1cc(C(=O)Nc2nc(-c3ccc(N)cc3)cs2)cc(OC)c1OC. The Morgan fingerprint density at radius 3 is 2.22 bits per heavy atom. The molecule has 3 N–H and O–H groups in total. The van der Waals surface area contributed by atoms with Crippen LogP contribution in [0.5, 0.6) is 17.2 Å². The smallest absolute Gasteiger partial charge is 0.257 e. The maximum atomic E-state index is 12.6. The lowest BCUT2D eigenvalue weighted by Crippen LogP contribution is -2.12. The number of anilines is 2. The predicted molar refractivity (Wildman–Crippen MR) is 106 cm³/mol. The molecule has 0 aliphatic heterocycles. The van der Waals surface area contributed by atoms with E-state index in [1.54, 1.807) is 12.1 Å². The third-order valence-corrected chi connectivity index (χ3v) is 4.62. The number of hydrogen-bond donors (Lipinski definition) is 2. The Kier molecular flexibility index (Phi) is 5.46. The minimum Gasteiger partial charge on any atom is -0.493 e. The van der Waals surface area contributed by atoms with Gasteiger partial charge in [0.05, 0.1) is 27.0 Å². The highest BCUT2D eigenvalue weighted by atomic mass is 32.1. The summed E-state index contributed by atoms with van der Waals surface area (Å²) in [5, 5.41) is 5.15. The number of carbonyl (C=O) groups excluding carboxylic acids is 1. The van der Waals surface area contributed by atoms with Crippen LogP contribution in [0.1, 0.15) is 10.4 Å². The summed E-state index contributed by atoms with van der Waals surface area (Å²) in [7, 11) is 4.51. The molecule has 0 unspecified atom stereocenters. The van der Waals surface area contributed by atoms with Crippen molar-refractivity contribution in [1.82, 2.24) is 4.98 Å². The van der Waals surface area contributed by atoms with Crippen LogP contribution in [0.15, 0.2) is 41.8 Å². The molecule has 0 bridgehead atoms. The first-order valence-corrected chi connectivity index (χ1v) is 8.86. The number of carbonyl (C=O) groups is 1. The van der Waals surface area contributed by atoms with Crippen LogP contribution in [0, 0.1) is 0 Å². The third-order valence-electron chi connectivity index (χ3n) is 3.86. The molecule has 140 valence electrons. The second-order valence-corrected chi connectivity index (χ2v) is 6.39. The van der Waals surface area contributed by atoms with E-state index < -0.39 is 0 Å². The van der Waals surface area contributed by atoms with Crippen molar-refractivity contribution in [3.8, 4) is 28.5 Å². The van der Waals surface area contributed by atoms with Gasteiger partial charge in [-0.25, -0.2) is 4.98 Å². The highest BCUT2D eigenvalue weighted by molar-refractivity contribution is 7.14. The molecule has 3 rings (SSSR count). The van der Waals surface area contributed by atoms with Crippen molar-refractivity contribution in [2.45, 2.75) is 0 Å². The van der Waals surface area contributed by atoms with Gasteiger partial charge >= 0.3 is 0 Å². The van der Waals surface area contributed by atoms with Gasteiger partial charge in [-0.2, -0.15) is 0 Å². The van der Waals surface area contributed by atoms with Crippen LogP contribution in [-0.4, -0.2) is 32.2 Å². The van der Waals surface area contributed by atoms with Gasteiger partial charge in [-0.1, -0.05) is 12.1 Å². The molecule has 3 aromatic rings. The number of nitrogen functional groups attached to an aromatic ring is 1. The largest absolute Gasteiger partial charge is 0.493 e. The molecule has 0 aliphatic carbocycles. The Morgan fingerprint density at radius 2 is 1.67 bits per heavy atom. The lowest BCUT2D eigenvalue weighted by molar-refractivity contribution is 0.102. The number of thiazole rings is 1. The quantitative estimate of drug-likeness (QED) is 0.629. The van der Waals surface area contributed by atoms with Gasteiger partial charge < -0.3 is 19.9 Å². The Labute approximate surface area is 160 Å². The van der Waals surface area contributed by atoms with Gasteiger partial charge in [-0.05, 0) is 24.3 Å². The second-order valence-electron chi connectivity index (χ2n) is 5.53. The zero-order valence-electron chi connectivity index (χ0n) is 15.1. The first-order valence-electron chi connectivity index (χ1n) is 7.98. The Bertz CT molecular complexity index is 929. The summed E-state index contributed by atoms with van der Waals surface area (Å²) in [6, 6.07) is 10.6. The highest BCUT2D eigenvalue weighted by Gasteiger charge is 2.18. The Hall–Kier alpha value is -3.26. The normalized spacial score (nSPS) is 10.3. The number of nitrogens with two attached hydrogens (primary N) is 1. The molecule has 27 heavy (non-hydrogen) atoms. The van der Waals surface area contributed by atoms with Crippen molar-refractivity contribution in [3.05, 3.63) is 47.3 Å². The number of nitrogens with one attached hydrogen (secondary N) is 1. The Morgan fingerprint density at radius 1 is 1.04 bits per heavy atom. The number of methoxy groups -OCH3 is 3. The van der Waals surface area contributed by atoms with E-state index in [-0.39, 0.29) is 5.91 Å². The molecular formula is C19H19N3O4S. The molecule has 0 saturated heterocycles. The van der Waals surface area contributed by atoms with Crippen LogP contribution >= 0.6 is 11.3 Å². The average Bonchev–Trinajstić information content (AvgIpc) is 3.15. The van der Waals surface area contributed by atoms with Crippen LogP contribution in [0.4, 0.5) is 10.8 Å². The summed E-state index contributed by atoms with van der Waals surface area (Å²) in [6.07, 6.45) is 0. The maximum absolute atomic E-state index is 12.6. The molecule has 0 saturated carbocycles. The van der Waals surface area contributed by atoms with E-state index in [1.165, 1.54) is 32.7 Å². The highest BCUT2D eigenvalue weighted by Crippen LogP contribution is 2.38. The van der Waals surface area contributed by atoms with Crippen LogP contribution in [-0.2, 0) is 0 Å². The summed E-state index contributed by atoms with van der Waals surface area (Å²) in [4.78, 5) is 17.1. The summed E-state index contributed by atoms with van der Waals surface area (Å²) in [5.41, 5.74) is 8.45. The van der Waals surface area contributed by atoms with Crippen LogP contribution in [0.3, 0.4) is 0 Å². The molecule has 0 radical (unpaired) electrons. The fourth-order valence-electron chi connectivity index (χ4n) is 2.50. The van der Waals surface area contributed by atoms with Gasteiger partial charge in [0.2, 0.25) is 5.75 Å². The number of aromatic nitrogens is 1. The minimum atomic E-state index is -0.326. The molecule has 0 atom stereocenters. The number of rotatable bonds is 6. The van der Waals surface area contributed by atoms with Crippen molar-refractivity contribution >= 4 is 28.1 Å². The lowest BCUT2D eigenvalue weighted by atomic mass is 10.1. The first kappa shape index (κ1) is 18.5. The molecule has 1 aromatic heterocycles. The van der Waals surface area contributed by atoms with Gasteiger partial charge in [0.25, 0.3) is 5.91 Å². The van der Waals surface area contributed by atoms with Crippen molar-refractivity contribution in [1.29, 1.82) is 0 Å². The first-order chi connectivity index (χ1) is 13.0. The average molecular weight is 385 g/mol. The van der Waals surface area contributed by atoms with E-state index in [0.29, 0.717) is 33.6 Å². The molecule has 0 aliphatic rings. The van der Waals surface area contributed by atoms with E-state index in [4.69, 9.17) is 19.9 Å². The number of amides is 1. The molecule has 8 heteroatoms. The lowest BCUT2D eigenvalue weighted by Gasteiger charge is -2.13. The van der Waals surface area contributed by atoms with Gasteiger partial charge in [0, 0.05) is 22.2 Å². The monoisotopic (exact) mass is 385 g/mol. The standard InChI is InChI=1S/C19H19N3O4S/c1-24-15-8-12(9-16(25-2)17(15)26-3)18(23)22-19-21-14(10-27-19)11-4-6-13(20)7-5-11/h4-10H,20H2,1-3H3,(H,21,22,23). The van der Waals surface area contributed by atoms with Gasteiger partial charge in [0.15, 0.2) is 16.6 Å². The molecule has 1 amide bonds. The van der Waals surface area contributed by atoms with Crippen LogP contribution < -0.4 is 25.3 Å². The zero-order valence-corrected chi connectivity index (χ0v) is 15.9. The van der Waals surface area contributed by atoms with E-state index in [9.17, 15) is 4.79 Å². The summed E-state index contributed by atoms with van der Waals surface area (Å²) >= 11 is 1.34. The van der Waals surface area contributed by atoms with Crippen molar-refractivity contribution in [3.63, 3.8) is 0 Å². The molecule has 7 nitrogen and oxygen atoms in total. The number of nitrogens with zero attached hydrogens (tertiary/aromatic N) is 1. The van der Waals surface area contributed by atoms with Gasteiger partial charge in [-0.15, -0.1) is 11.3 Å².